The number of amides is 1. The molecule has 0 N–H and O–H groups in total. The molecule has 168 valence electrons. The number of hydrogen-bond acceptors (Lipinski definition) is 3. The average Bonchev–Trinajstić information content (AvgIpc) is 2.80. The lowest BCUT2D eigenvalue weighted by molar-refractivity contribution is -0.134. The summed E-state index contributed by atoms with van der Waals surface area (Å²) in [5.74, 6) is 1.80. The second-order valence-corrected chi connectivity index (χ2v) is 9.33. The molecule has 4 nitrogen and oxygen atoms in total. The van der Waals surface area contributed by atoms with Crippen molar-refractivity contribution in [1.82, 2.24) is 9.80 Å². The maximum absolute atomic E-state index is 13.2. The van der Waals surface area contributed by atoms with Crippen molar-refractivity contribution in [3.8, 4) is 5.75 Å². The first-order valence-corrected chi connectivity index (χ1v) is 11.7. The van der Waals surface area contributed by atoms with Crippen LogP contribution in [0.15, 0.2) is 60.7 Å². The zero-order chi connectivity index (χ0) is 22.1. The fourth-order valence-electron chi connectivity index (χ4n) is 4.31. The third kappa shape index (κ3) is 7.10. The summed E-state index contributed by atoms with van der Waals surface area (Å²) >= 11 is 0. The summed E-state index contributed by atoms with van der Waals surface area (Å²) in [7, 11) is 1.92. The van der Waals surface area contributed by atoms with Crippen molar-refractivity contribution in [2.75, 3.05) is 33.3 Å². The Labute approximate surface area is 188 Å². The van der Waals surface area contributed by atoms with Gasteiger partial charge in [0, 0.05) is 32.0 Å². The van der Waals surface area contributed by atoms with Gasteiger partial charge in [-0.15, -0.1) is 0 Å². The van der Waals surface area contributed by atoms with E-state index in [9.17, 15) is 4.79 Å². The molecule has 0 radical (unpaired) electrons. The number of hydrogen-bond donors (Lipinski definition) is 0. The Morgan fingerprint density at radius 3 is 2.29 bits per heavy atom. The molecule has 0 spiro atoms. The second-order valence-electron chi connectivity index (χ2n) is 9.33. The fourth-order valence-corrected chi connectivity index (χ4v) is 4.31. The summed E-state index contributed by atoms with van der Waals surface area (Å²) in [4.78, 5) is 17.6. The van der Waals surface area contributed by atoms with E-state index in [1.165, 1.54) is 6.42 Å². The number of para-hydroxylation sites is 1. The summed E-state index contributed by atoms with van der Waals surface area (Å²) in [5.41, 5.74) is 1.06. The van der Waals surface area contributed by atoms with Gasteiger partial charge in [-0.25, -0.2) is 0 Å². The van der Waals surface area contributed by atoms with E-state index in [1.54, 1.807) is 0 Å². The lowest BCUT2D eigenvalue weighted by Gasteiger charge is -2.42. The Morgan fingerprint density at radius 1 is 1.06 bits per heavy atom. The van der Waals surface area contributed by atoms with Gasteiger partial charge in [0.25, 0.3) is 0 Å². The normalized spacial score (nSPS) is 17.1. The number of likely N-dealkylation sites (tertiary alicyclic amines) is 1. The van der Waals surface area contributed by atoms with Crippen LogP contribution in [-0.2, 0) is 11.3 Å². The molecule has 1 aliphatic rings. The molecule has 1 aliphatic heterocycles. The van der Waals surface area contributed by atoms with E-state index in [-0.39, 0.29) is 11.3 Å². The Balaban J connectivity index is 1.64. The van der Waals surface area contributed by atoms with Crippen LogP contribution >= 0.6 is 0 Å². The van der Waals surface area contributed by atoms with Crippen LogP contribution in [0.25, 0.3) is 0 Å². The maximum atomic E-state index is 13.2. The fraction of sp³-hybridized carbons (Fsp3) is 0.519. The monoisotopic (exact) mass is 422 g/mol. The number of piperidine rings is 1. The standard InChI is InChI=1S/C27H38N2O2/c1-4-23(2)20-29-17-15-27(16-18-29,22-31-25-13-9-6-10-14-25)19-26(30)28(3)21-24-11-7-5-8-12-24/h5-14,23H,4,15-22H2,1-3H3/t23-/m0/s1. The van der Waals surface area contributed by atoms with Gasteiger partial charge >= 0.3 is 0 Å². The number of carbonyl (C=O) groups excluding carboxylic acids is 1. The first-order valence-electron chi connectivity index (χ1n) is 11.7. The molecule has 3 rings (SSSR count). The van der Waals surface area contributed by atoms with Gasteiger partial charge < -0.3 is 14.5 Å². The zero-order valence-electron chi connectivity index (χ0n) is 19.4. The molecule has 0 aliphatic carbocycles. The number of nitrogens with zero attached hydrogens (tertiary/aromatic N) is 2. The molecule has 31 heavy (non-hydrogen) atoms. The summed E-state index contributed by atoms with van der Waals surface area (Å²) in [5, 5.41) is 0. The summed E-state index contributed by atoms with van der Waals surface area (Å²) in [6, 6.07) is 20.2. The van der Waals surface area contributed by atoms with Crippen molar-refractivity contribution >= 4 is 5.91 Å². The highest BCUT2D eigenvalue weighted by molar-refractivity contribution is 5.76. The van der Waals surface area contributed by atoms with Gasteiger partial charge in [-0.2, -0.15) is 0 Å². The SMILES string of the molecule is CC[C@H](C)CN1CCC(COc2ccccc2)(CC(=O)N(C)Cc2ccccc2)CC1. The van der Waals surface area contributed by atoms with Gasteiger partial charge in [-0.1, -0.05) is 68.8 Å². The predicted octanol–water partition coefficient (Wildman–Crippen LogP) is 5.24. The van der Waals surface area contributed by atoms with Gasteiger partial charge in [0.1, 0.15) is 5.75 Å². The minimum Gasteiger partial charge on any atom is -0.493 e. The molecule has 1 amide bonds. The first kappa shape index (κ1) is 23.3. The van der Waals surface area contributed by atoms with E-state index in [4.69, 9.17) is 4.74 Å². The average molecular weight is 423 g/mol. The Hall–Kier alpha value is -2.33. The number of benzene rings is 2. The van der Waals surface area contributed by atoms with Crippen LogP contribution < -0.4 is 4.74 Å². The zero-order valence-corrected chi connectivity index (χ0v) is 19.4. The van der Waals surface area contributed by atoms with E-state index in [1.807, 2.05) is 60.5 Å². The molecule has 0 unspecified atom stereocenters. The highest BCUT2D eigenvalue weighted by Crippen LogP contribution is 2.37. The Morgan fingerprint density at radius 2 is 1.68 bits per heavy atom. The van der Waals surface area contributed by atoms with Crippen LogP contribution in [0, 0.1) is 11.3 Å². The van der Waals surface area contributed by atoms with Gasteiger partial charge in [0.05, 0.1) is 6.61 Å². The molecular formula is C27H38N2O2. The smallest absolute Gasteiger partial charge is 0.223 e. The molecule has 0 aromatic heterocycles. The van der Waals surface area contributed by atoms with Gasteiger partial charge in [-0.05, 0) is 49.5 Å². The van der Waals surface area contributed by atoms with Crippen molar-refractivity contribution in [1.29, 1.82) is 0 Å². The number of ether oxygens (including phenoxy) is 1. The van der Waals surface area contributed by atoms with Crippen molar-refractivity contribution < 1.29 is 9.53 Å². The summed E-state index contributed by atoms with van der Waals surface area (Å²) < 4.78 is 6.20. The Kier molecular flexibility index (Phi) is 8.53. The minimum absolute atomic E-state index is 0.107. The molecule has 4 heteroatoms. The topological polar surface area (TPSA) is 32.8 Å². The van der Waals surface area contributed by atoms with Crippen LogP contribution in [-0.4, -0.2) is 49.0 Å². The lowest BCUT2D eigenvalue weighted by Crippen LogP contribution is -2.46. The molecule has 0 bridgehead atoms. The van der Waals surface area contributed by atoms with Crippen molar-refractivity contribution in [3.05, 3.63) is 66.2 Å². The largest absolute Gasteiger partial charge is 0.493 e. The van der Waals surface area contributed by atoms with Crippen LogP contribution in [0.2, 0.25) is 0 Å². The molecule has 2 aromatic carbocycles. The summed E-state index contributed by atoms with van der Waals surface area (Å²) in [6.07, 6.45) is 3.75. The highest BCUT2D eigenvalue weighted by Gasteiger charge is 2.38. The lowest BCUT2D eigenvalue weighted by atomic mass is 9.75. The maximum Gasteiger partial charge on any atom is 0.223 e. The third-order valence-corrected chi connectivity index (χ3v) is 6.69. The van der Waals surface area contributed by atoms with E-state index in [0.29, 0.717) is 25.5 Å². The Bertz CT molecular complexity index is 785. The van der Waals surface area contributed by atoms with E-state index in [2.05, 4.69) is 30.9 Å². The number of carbonyl (C=O) groups is 1. The van der Waals surface area contributed by atoms with E-state index < -0.39 is 0 Å². The van der Waals surface area contributed by atoms with Crippen LogP contribution in [0.5, 0.6) is 5.75 Å². The van der Waals surface area contributed by atoms with Crippen molar-refractivity contribution in [2.24, 2.45) is 11.3 Å². The molecule has 1 fully saturated rings. The van der Waals surface area contributed by atoms with Crippen molar-refractivity contribution in [3.63, 3.8) is 0 Å². The van der Waals surface area contributed by atoms with Gasteiger partial charge in [0.15, 0.2) is 0 Å². The van der Waals surface area contributed by atoms with E-state index in [0.717, 1.165) is 43.8 Å². The molecule has 2 aromatic rings. The molecular weight excluding hydrogens is 384 g/mol. The van der Waals surface area contributed by atoms with Gasteiger partial charge in [-0.3, -0.25) is 4.79 Å². The minimum atomic E-state index is -0.107. The quantitative estimate of drug-likeness (QED) is 0.525. The molecule has 1 saturated heterocycles. The first-order chi connectivity index (χ1) is 15.0. The number of rotatable bonds is 10. The molecule has 0 saturated carbocycles. The second kappa shape index (κ2) is 11.3. The van der Waals surface area contributed by atoms with Crippen molar-refractivity contribution in [2.45, 2.75) is 46.1 Å². The van der Waals surface area contributed by atoms with Crippen LogP contribution in [0.1, 0.15) is 45.1 Å². The van der Waals surface area contributed by atoms with Gasteiger partial charge in [0.2, 0.25) is 5.91 Å². The molecule has 1 heterocycles. The predicted molar refractivity (Wildman–Crippen MR) is 127 cm³/mol. The highest BCUT2D eigenvalue weighted by atomic mass is 16.5. The summed E-state index contributed by atoms with van der Waals surface area (Å²) in [6.45, 7) is 9.05. The third-order valence-electron chi connectivity index (χ3n) is 6.69. The van der Waals surface area contributed by atoms with Crippen LogP contribution in [0.3, 0.4) is 0 Å². The van der Waals surface area contributed by atoms with Crippen LogP contribution in [0.4, 0.5) is 0 Å². The molecule has 1 atom stereocenters. The van der Waals surface area contributed by atoms with E-state index >= 15 is 0 Å².